The minimum atomic E-state index is 0.531. The minimum Gasteiger partial charge on any atom is -0.359 e. The topological polar surface area (TPSA) is 37.8 Å². The van der Waals surface area contributed by atoms with Crippen LogP contribution in [0.1, 0.15) is 30.5 Å². The monoisotopic (exact) mass is 201 g/mol. The number of rotatable bonds is 2. The highest BCUT2D eigenvalue weighted by molar-refractivity contribution is 5.47. The maximum Gasteiger partial charge on any atom is 0.133 e. The Balaban J connectivity index is 2.27. The lowest BCUT2D eigenvalue weighted by molar-refractivity contribution is 0.709. The molecule has 0 unspecified atom stereocenters. The number of anilines is 1. The Labute approximate surface area is 90.3 Å². The third kappa shape index (κ3) is 2.27. The zero-order valence-corrected chi connectivity index (χ0v) is 8.79. The van der Waals surface area contributed by atoms with Crippen molar-refractivity contribution >= 4 is 5.82 Å². The molecule has 0 fully saturated rings. The van der Waals surface area contributed by atoms with Crippen molar-refractivity contribution in [3.05, 3.63) is 17.6 Å². The van der Waals surface area contributed by atoms with Gasteiger partial charge in [0.1, 0.15) is 12.1 Å². The lowest BCUT2D eigenvalue weighted by Crippen LogP contribution is -2.07. The number of terminal acetylenes is 1. The van der Waals surface area contributed by atoms with Gasteiger partial charge in [-0.05, 0) is 25.7 Å². The molecule has 1 aliphatic rings. The maximum absolute atomic E-state index is 5.23. The molecule has 0 aromatic carbocycles. The van der Waals surface area contributed by atoms with Crippen LogP contribution in [0, 0.1) is 12.3 Å². The minimum absolute atomic E-state index is 0.531. The normalized spacial score (nSPS) is 14.9. The molecular weight excluding hydrogens is 186 g/mol. The van der Waals surface area contributed by atoms with Gasteiger partial charge >= 0.3 is 0 Å². The van der Waals surface area contributed by atoms with E-state index in [0.29, 0.717) is 6.54 Å². The summed E-state index contributed by atoms with van der Waals surface area (Å²) in [5.74, 6) is 3.50. The Bertz CT molecular complexity index is 379. The third-order valence-corrected chi connectivity index (χ3v) is 2.73. The number of hydrogen-bond donors (Lipinski definition) is 1. The summed E-state index contributed by atoms with van der Waals surface area (Å²) in [6.07, 6.45) is 12.7. The second-order valence-electron chi connectivity index (χ2n) is 3.77. The van der Waals surface area contributed by atoms with Crippen molar-refractivity contribution in [1.82, 2.24) is 9.97 Å². The summed E-state index contributed by atoms with van der Waals surface area (Å²) in [4.78, 5) is 8.60. The number of fused-ring (bicyclic) bond motifs is 1. The van der Waals surface area contributed by atoms with Gasteiger partial charge in [0.25, 0.3) is 0 Å². The van der Waals surface area contributed by atoms with Crippen molar-refractivity contribution in [3.63, 3.8) is 0 Å². The van der Waals surface area contributed by atoms with Crippen LogP contribution < -0.4 is 5.32 Å². The Morgan fingerprint density at radius 1 is 1.27 bits per heavy atom. The summed E-state index contributed by atoms with van der Waals surface area (Å²) in [7, 11) is 0. The molecule has 0 saturated carbocycles. The summed E-state index contributed by atoms with van der Waals surface area (Å²) in [6.45, 7) is 0.531. The summed E-state index contributed by atoms with van der Waals surface area (Å²) < 4.78 is 0. The van der Waals surface area contributed by atoms with Gasteiger partial charge in [-0.1, -0.05) is 12.3 Å². The zero-order chi connectivity index (χ0) is 10.5. The Morgan fingerprint density at radius 2 is 2.13 bits per heavy atom. The van der Waals surface area contributed by atoms with E-state index in [0.717, 1.165) is 18.7 Å². The first-order valence-electron chi connectivity index (χ1n) is 5.42. The van der Waals surface area contributed by atoms with Crippen molar-refractivity contribution < 1.29 is 0 Å². The average molecular weight is 201 g/mol. The van der Waals surface area contributed by atoms with E-state index in [1.54, 1.807) is 6.33 Å². The highest BCUT2D eigenvalue weighted by Crippen LogP contribution is 2.23. The smallest absolute Gasteiger partial charge is 0.133 e. The largest absolute Gasteiger partial charge is 0.359 e. The second kappa shape index (κ2) is 4.79. The molecule has 1 aliphatic carbocycles. The first kappa shape index (κ1) is 9.97. The average Bonchev–Trinajstić information content (AvgIpc) is 2.51. The molecule has 1 N–H and O–H groups in total. The summed E-state index contributed by atoms with van der Waals surface area (Å²) >= 11 is 0. The van der Waals surface area contributed by atoms with Gasteiger partial charge in [-0.25, -0.2) is 9.97 Å². The van der Waals surface area contributed by atoms with Gasteiger partial charge in [-0.15, -0.1) is 6.42 Å². The van der Waals surface area contributed by atoms with Gasteiger partial charge in [-0.3, -0.25) is 0 Å². The molecule has 3 heteroatoms. The molecular formula is C12H15N3. The van der Waals surface area contributed by atoms with Crippen LogP contribution in [0.3, 0.4) is 0 Å². The van der Waals surface area contributed by atoms with Crippen LogP contribution in [0.25, 0.3) is 0 Å². The Morgan fingerprint density at radius 3 is 3.00 bits per heavy atom. The van der Waals surface area contributed by atoms with Gasteiger partial charge in [0.2, 0.25) is 0 Å². The molecule has 0 radical (unpaired) electrons. The molecule has 0 amide bonds. The molecule has 0 spiro atoms. The highest BCUT2D eigenvalue weighted by Gasteiger charge is 2.13. The predicted octanol–water partition coefficient (Wildman–Crippen LogP) is 1.79. The SMILES string of the molecule is C#CCNc1ncnc2c1CCCCC2. The molecule has 0 bridgehead atoms. The Hall–Kier alpha value is -1.56. The van der Waals surface area contributed by atoms with E-state index in [2.05, 4.69) is 21.2 Å². The predicted molar refractivity (Wildman–Crippen MR) is 60.6 cm³/mol. The molecule has 78 valence electrons. The van der Waals surface area contributed by atoms with Gasteiger partial charge in [0.05, 0.1) is 6.54 Å². The van der Waals surface area contributed by atoms with Crippen molar-refractivity contribution in [3.8, 4) is 12.3 Å². The van der Waals surface area contributed by atoms with Crippen LogP contribution >= 0.6 is 0 Å². The number of nitrogens with zero attached hydrogens (tertiary/aromatic N) is 2. The van der Waals surface area contributed by atoms with Crippen LogP contribution in [-0.4, -0.2) is 16.5 Å². The third-order valence-electron chi connectivity index (χ3n) is 2.73. The molecule has 15 heavy (non-hydrogen) atoms. The molecule has 2 rings (SSSR count). The van der Waals surface area contributed by atoms with Crippen molar-refractivity contribution in [2.24, 2.45) is 0 Å². The van der Waals surface area contributed by atoms with Crippen molar-refractivity contribution in [2.45, 2.75) is 32.1 Å². The summed E-state index contributed by atoms with van der Waals surface area (Å²) in [6, 6.07) is 0. The lowest BCUT2D eigenvalue weighted by atomic mass is 10.1. The zero-order valence-electron chi connectivity index (χ0n) is 8.79. The first-order valence-corrected chi connectivity index (χ1v) is 5.42. The molecule has 1 heterocycles. The molecule has 1 aromatic heterocycles. The van der Waals surface area contributed by atoms with Gasteiger partial charge < -0.3 is 5.32 Å². The van der Waals surface area contributed by atoms with Crippen LogP contribution in [0.2, 0.25) is 0 Å². The van der Waals surface area contributed by atoms with Gasteiger partial charge in [-0.2, -0.15) is 0 Å². The molecule has 0 atom stereocenters. The van der Waals surface area contributed by atoms with Crippen LogP contribution in [-0.2, 0) is 12.8 Å². The fraction of sp³-hybridized carbons (Fsp3) is 0.500. The maximum atomic E-state index is 5.23. The van der Waals surface area contributed by atoms with Gasteiger partial charge in [0, 0.05) is 11.3 Å². The van der Waals surface area contributed by atoms with Crippen LogP contribution in [0.5, 0.6) is 0 Å². The fourth-order valence-electron chi connectivity index (χ4n) is 1.99. The second-order valence-corrected chi connectivity index (χ2v) is 3.77. The molecule has 0 aliphatic heterocycles. The van der Waals surface area contributed by atoms with Crippen molar-refractivity contribution in [1.29, 1.82) is 0 Å². The summed E-state index contributed by atoms with van der Waals surface area (Å²) in [5.41, 5.74) is 2.47. The number of nitrogens with one attached hydrogen (secondary N) is 1. The van der Waals surface area contributed by atoms with Crippen molar-refractivity contribution in [2.75, 3.05) is 11.9 Å². The summed E-state index contributed by atoms with van der Waals surface area (Å²) in [5, 5.41) is 3.16. The highest BCUT2D eigenvalue weighted by atomic mass is 15.0. The van der Waals surface area contributed by atoms with Crippen LogP contribution in [0.4, 0.5) is 5.82 Å². The van der Waals surface area contributed by atoms with Gasteiger partial charge in [0.15, 0.2) is 0 Å². The standard InChI is InChI=1S/C12H15N3/c1-2-8-13-12-10-6-4-3-5-7-11(10)14-9-15-12/h1,9H,3-8H2,(H,13,14,15). The van der Waals surface area contributed by atoms with E-state index in [-0.39, 0.29) is 0 Å². The lowest BCUT2D eigenvalue weighted by Gasteiger charge is -2.10. The quantitative estimate of drug-likeness (QED) is 0.585. The van der Waals surface area contributed by atoms with E-state index >= 15 is 0 Å². The van der Waals surface area contributed by atoms with Crippen LogP contribution in [0.15, 0.2) is 6.33 Å². The number of aromatic nitrogens is 2. The van der Waals surface area contributed by atoms with E-state index in [4.69, 9.17) is 6.42 Å². The van der Waals surface area contributed by atoms with E-state index in [1.165, 1.54) is 30.5 Å². The number of hydrogen-bond acceptors (Lipinski definition) is 3. The van der Waals surface area contributed by atoms with E-state index < -0.39 is 0 Å². The molecule has 0 saturated heterocycles. The van der Waals surface area contributed by atoms with E-state index in [1.807, 2.05) is 0 Å². The molecule has 1 aromatic rings. The first-order chi connectivity index (χ1) is 7.42. The molecule has 3 nitrogen and oxygen atoms in total. The number of aryl methyl sites for hydroxylation is 1. The van der Waals surface area contributed by atoms with E-state index in [9.17, 15) is 0 Å². The Kier molecular flexibility index (Phi) is 3.18. The fourth-order valence-corrected chi connectivity index (χ4v) is 1.99.